The topological polar surface area (TPSA) is 76.9 Å². The second kappa shape index (κ2) is 5.95. The first-order valence-electron chi connectivity index (χ1n) is 6.49. The number of carbonyl (C=O) groups is 1. The molecule has 0 radical (unpaired) electrons. The Morgan fingerprint density at radius 2 is 2.09 bits per heavy atom. The lowest BCUT2D eigenvalue weighted by molar-refractivity contribution is -0.116. The fourth-order valence-corrected chi connectivity index (χ4v) is 2.22. The van der Waals surface area contributed by atoms with Crippen LogP contribution < -0.4 is 10.9 Å². The summed E-state index contributed by atoms with van der Waals surface area (Å²) < 4.78 is 1.24. The molecule has 1 amide bonds. The van der Waals surface area contributed by atoms with E-state index >= 15 is 0 Å². The van der Waals surface area contributed by atoms with Gasteiger partial charge < -0.3 is 5.32 Å². The highest BCUT2D eigenvalue weighted by molar-refractivity contribution is 6.30. The van der Waals surface area contributed by atoms with Crippen molar-refractivity contribution in [1.29, 1.82) is 0 Å². The van der Waals surface area contributed by atoms with Crippen molar-refractivity contribution in [3.63, 3.8) is 0 Å². The third kappa shape index (κ3) is 2.96. The Labute approximate surface area is 130 Å². The number of amides is 1. The summed E-state index contributed by atoms with van der Waals surface area (Å²) in [5, 5.41) is 3.58. The van der Waals surface area contributed by atoms with Gasteiger partial charge in [0, 0.05) is 16.9 Å². The lowest BCUT2D eigenvalue weighted by Crippen LogP contribution is -2.28. The third-order valence-electron chi connectivity index (χ3n) is 3.02. The van der Waals surface area contributed by atoms with E-state index in [1.807, 2.05) is 0 Å². The predicted molar refractivity (Wildman–Crippen MR) is 83.9 cm³/mol. The SMILES string of the molecule is O=C(Cn1cnc2ncccc2c1=O)Nc1cccc(Cl)c1. The highest BCUT2D eigenvalue weighted by Gasteiger charge is 2.08. The number of nitrogens with zero attached hydrogens (tertiary/aromatic N) is 3. The number of benzene rings is 1. The maximum atomic E-state index is 12.3. The lowest BCUT2D eigenvalue weighted by atomic mass is 10.3. The molecule has 3 aromatic rings. The van der Waals surface area contributed by atoms with Crippen LogP contribution in [0, 0.1) is 0 Å². The van der Waals surface area contributed by atoms with Crippen molar-refractivity contribution in [3.8, 4) is 0 Å². The van der Waals surface area contributed by atoms with E-state index in [1.165, 1.54) is 10.9 Å². The zero-order valence-electron chi connectivity index (χ0n) is 11.4. The number of fused-ring (bicyclic) bond motifs is 1. The van der Waals surface area contributed by atoms with Crippen LogP contribution in [-0.4, -0.2) is 20.4 Å². The largest absolute Gasteiger partial charge is 0.324 e. The van der Waals surface area contributed by atoms with Gasteiger partial charge >= 0.3 is 0 Å². The van der Waals surface area contributed by atoms with Crippen LogP contribution in [0.4, 0.5) is 5.69 Å². The molecule has 0 bridgehead atoms. The summed E-state index contributed by atoms with van der Waals surface area (Å²) in [7, 11) is 0. The molecule has 0 spiro atoms. The summed E-state index contributed by atoms with van der Waals surface area (Å²) in [6.07, 6.45) is 2.88. The van der Waals surface area contributed by atoms with E-state index in [9.17, 15) is 9.59 Å². The minimum Gasteiger partial charge on any atom is -0.324 e. The van der Waals surface area contributed by atoms with Gasteiger partial charge in [-0.25, -0.2) is 9.97 Å². The standard InChI is InChI=1S/C15H11ClN4O2/c16-10-3-1-4-11(7-10)19-13(21)8-20-9-18-14-12(15(20)22)5-2-6-17-14/h1-7,9H,8H2,(H,19,21). The fraction of sp³-hybridized carbons (Fsp3) is 0.0667. The zero-order chi connectivity index (χ0) is 15.5. The number of halogens is 1. The number of aromatic nitrogens is 3. The van der Waals surface area contributed by atoms with Crippen molar-refractivity contribution in [2.75, 3.05) is 5.32 Å². The van der Waals surface area contributed by atoms with E-state index in [4.69, 9.17) is 11.6 Å². The first-order chi connectivity index (χ1) is 10.6. The van der Waals surface area contributed by atoms with Crippen LogP contribution >= 0.6 is 11.6 Å². The van der Waals surface area contributed by atoms with E-state index < -0.39 is 0 Å². The average molecular weight is 315 g/mol. The highest BCUT2D eigenvalue weighted by Crippen LogP contribution is 2.14. The van der Waals surface area contributed by atoms with Crippen LogP contribution in [0.1, 0.15) is 0 Å². The van der Waals surface area contributed by atoms with Gasteiger partial charge in [0.25, 0.3) is 5.56 Å². The molecule has 1 N–H and O–H groups in total. The van der Waals surface area contributed by atoms with Gasteiger partial charge in [0.05, 0.1) is 5.39 Å². The number of rotatable bonds is 3. The first-order valence-corrected chi connectivity index (χ1v) is 6.87. The molecule has 0 aliphatic carbocycles. The lowest BCUT2D eigenvalue weighted by Gasteiger charge is -2.08. The summed E-state index contributed by atoms with van der Waals surface area (Å²) in [5.41, 5.74) is 0.624. The molecule has 0 atom stereocenters. The molecule has 0 aliphatic rings. The molecule has 6 nitrogen and oxygen atoms in total. The summed E-state index contributed by atoms with van der Waals surface area (Å²) in [6.45, 7) is -0.136. The molecule has 7 heteroatoms. The zero-order valence-corrected chi connectivity index (χ0v) is 12.1. The van der Waals surface area contributed by atoms with Gasteiger partial charge in [-0.3, -0.25) is 14.2 Å². The molecule has 0 saturated carbocycles. The van der Waals surface area contributed by atoms with E-state index in [0.29, 0.717) is 21.7 Å². The molecule has 2 heterocycles. The Balaban J connectivity index is 1.82. The van der Waals surface area contributed by atoms with Gasteiger partial charge in [0.2, 0.25) is 5.91 Å². The Morgan fingerprint density at radius 1 is 1.23 bits per heavy atom. The Hall–Kier alpha value is -2.73. The number of hydrogen-bond donors (Lipinski definition) is 1. The van der Waals surface area contributed by atoms with Crippen molar-refractivity contribution >= 4 is 34.2 Å². The molecule has 3 rings (SSSR count). The molecule has 0 aliphatic heterocycles. The number of anilines is 1. The Kier molecular flexibility index (Phi) is 3.84. The van der Waals surface area contributed by atoms with E-state index in [-0.39, 0.29) is 18.0 Å². The second-order valence-corrected chi connectivity index (χ2v) is 5.05. The third-order valence-corrected chi connectivity index (χ3v) is 3.25. The van der Waals surface area contributed by atoms with E-state index in [2.05, 4.69) is 15.3 Å². The van der Waals surface area contributed by atoms with Crippen LogP contribution in [0.3, 0.4) is 0 Å². The summed E-state index contributed by atoms with van der Waals surface area (Å²) >= 11 is 5.86. The summed E-state index contributed by atoms with van der Waals surface area (Å²) in [5.74, 6) is -0.339. The molecule has 0 fully saturated rings. The van der Waals surface area contributed by atoms with Crippen molar-refractivity contribution < 1.29 is 4.79 Å². The maximum Gasteiger partial charge on any atom is 0.263 e. The molecule has 0 saturated heterocycles. The average Bonchev–Trinajstić information content (AvgIpc) is 2.50. The van der Waals surface area contributed by atoms with Crippen LogP contribution in [0.5, 0.6) is 0 Å². The van der Waals surface area contributed by atoms with Crippen LogP contribution in [0.2, 0.25) is 5.02 Å². The molecule has 0 unspecified atom stereocenters. The molecule has 1 aromatic carbocycles. The Bertz CT molecular complexity index is 907. The number of nitrogens with one attached hydrogen (secondary N) is 1. The van der Waals surface area contributed by atoms with Gasteiger partial charge in [-0.15, -0.1) is 0 Å². The summed E-state index contributed by atoms with van der Waals surface area (Å²) in [4.78, 5) is 32.3. The van der Waals surface area contributed by atoms with Gasteiger partial charge in [0.1, 0.15) is 12.9 Å². The number of hydrogen-bond acceptors (Lipinski definition) is 4. The number of pyridine rings is 1. The minimum absolute atomic E-state index is 0.136. The minimum atomic E-state index is -0.339. The Morgan fingerprint density at radius 3 is 2.91 bits per heavy atom. The van der Waals surface area contributed by atoms with Crippen LogP contribution in [0.25, 0.3) is 11.0 Å². The molecular weight excluding hydrogens is 304 g/mol. The number of carbonyl (C=O) groups excluding carboxylic acids is 1. The van der Waals surface area contributed by atoms with Gasteiger partial charge in [-0.2, -0.15) is 0 Å². The first kappa shape index (κ1) is 14.2. The van der Waals surface area contributed by atoms with Gasteiger partial charge in [0.15, 0.2) is 5.65 Å². The molecule has 22 heavy (non-hydrogen) atoms. The van der Waals surface area contributed by atoms with Crippen molar-refractivity contribution in [2.24, 2.45) is 0 Å². The normalized spacial score (nSPS) is 10.6. The second-order valence-electron chi connectivity index (χ2n) is 4.61. The smallest absolute Gasteiger partial charge is 0.263 e. The highest BCUT2D eigenvalue weighted by atomic mass is 35.5. The van der Waals surface area contributed by atoms with Crippen molar-refractivity contribution in [1.82, 2.24) is 14.5 Å². The maximum absolute atomic E-state index is 12.3. The summed E-state index contributed by atoms with van der Waals surface area (Å²) in [6, 6.07) is 10.1. The van der Waals surface area contributed by atoms with E-state index in [0.717, 1.165) is 0 Å². The van der Waals surface area contributed by atoms with Crippen LogP contribution in [0.15, 0.2) is 53.7 Å². The monoisotopic (exact) mass is 314 g/mol. The van der Waals surface area contributed by atoms with Crippen LogP contribution in [-0.2, 0) is 11.3 Å². The van der Waals surface area contributed by atoms with Gasteiger partial charge in [-0.05, 0) is 30.3 Å². The molecule has 110 valence electrons. The van der Waals surface area contributed by atoms with Crippen molar-refractivity contribution in [2.45, 2.75) is 6.54 Å². The van der Waals surface area contributed by atoms with Gasteiger partial charge in [-0.1, -0.05) is 17.7 Å². The fourth-order valence-electron chi connectivity index (χ4n) is 2.03. The molecule has 2 aromatic heterocycles. The van der Waals surface area contributed by atoms with E-state index in [1.54, 1.807) is 42.6 Å². The quantitative estimate of drug-likeness (QED) is 0.803. The van der Waals surface area contributed by atoms with Crippen molar-refractivity contribution in [3.05, 3.63) is 64.3 Å². The predicted octanol–water partition coefficient (Wildman–Crippen LogP) is 2.08. The molecular formula is C15H11ClN4O2.